The molecule has 0 aromatic heterocycles. The summed E-state index contributed by atoms with van der Waals surface area (Å²) in [7, 11) is -13.6. The Hall–Kier alpha value is -1.96. The molecule has 27 heavy (non-hydrogen) atoms. The van der Waals surface area contributed by atoms with Gasteiger partial charge in [0, 0.05) is 23.5 Å². The van der Waals surface area contributed by atoms with Crippen molar-refractivity contribution in [1.29, 1.82) is 0 Å². The summed E-state index contributed by atoms with van der Waals surface area (Å²) in [6.07, 6.45) is 0.771. The second-order valence-electron chi connectivity index (χ2n) is 5.35. The Labute approximate surface area is 149 Å². The van der Waals surface area contributed by atoms with E-state index in [1.807, 2.05) is 0 Å². The Morgan fingerprint density at radius 1 is 0.778 bits per heavy atom. The summed E-state index contributed by atoms with van der Waals surface area (Å²) in [5.41, 5.74) is -12.5. The van der Waals surface area contributed by atoms with Gasteiger partial charge in [0.05, 0.1) is 0 Å². The van der Waals surface area contributed by atoms with Crippen LogP contribution in [0, 0.1) is 0 Å². The summed E-state index contributed by atoms with van der Waals surface area (Å²) >= 11 is 0. The molecule has 1 aliphatic heterocycles. The highest BCUT2D eigenvalue weighted by Crippen LogP contribution is 2.38. The summed E-state index contributed by atoms with van der Waals surface area (Å²) in [4.78, 5) is 0. The molecule has 0 spiro atoms. The van der Waals surface area contributed by atoms with Gasteiger partial charge in [-0.2, -0.15) is 26.3 Å². The van der Waals surface area contributed by atoms with Crippen molar-refractivity contribution >= 4 is 29.7 Å². The maximum absolute atomic E-state index is 12.8. The van der Waals surface area contributed by atoms with Crippen LogP contribution in [0.1, 0.15) is 6.42 Å². The minimum Gasteiger partial charge on any atom is -0.371 e. The van der Waals surface area contributed by atoms with Gasteiger partial charge in [0.1, 0.15) is 5.82 Å². The van der Waals surface area contributed by atoms with E-state index >= 15 is 0 Å². The topological polar surface area (TPSA) is 92.3 Å². The van der Waals surface area contributed by atoms with Crippen LogP contribution in [0.5, 0.6) is 0 Å². The lowest BCUT2D eigenvalue weighted by Gasteiger charge is -2.19. The maximum Gasteiger partial charge on any atom is 0.502 e. The van der Waals surface area contributed by atoms with Crippen LogP contribution in [0.3, 0.4) is 0 Å². The molecule has 0 atom stereocenters. The third-order valence-electron chi connectivity index (χ3n) is 3.46. The zero-order valence-corrected chi connectivity index (χ0v) is 14.8. The lowest BCUT2D eigenvalue weighted by Crippen LogP contribution is -2.39. The largest absolute Gasteiger partial charge is 0.502 e. The zero-order valence-electron chi connectivity index (χ0n) is 13.1. The Morgan fingerprint density at radius 3 is 1.56 bits per heavy atom. The highest BCUT2D eigenvalue weighted by molar-refractivity contribution is 8.22. The highest BCUT2D eigenvalue weighted by atomic mass is 32.3. The fourth-order valence-corrected chi connectivity index (χ4v) is 5.26. The normalized spacial score (nSPS) is 16.4. The van der Waals surface area contributed by atoms with Crippen molar-refractivity contribution in [2.24, 2.45) is 0 Å². The lowest BCUT2D eigenvalue weighted by atomic mass is 10.2. The first-order valence-electron chi connectivity index (χ1n) is 7.15. The van der Waals surface area contributed by atoms with Gasteiger partial charge in [0.25, 0.3) is 19.7 Å². The average molecular weight is 438 g/mol. The molecule has 14 heteroatoms. The predicted octanol–water partition coefficient (Wildman–Crippen LogP) is 0.270. The van der Waals surface area contributed by atoms with Crippen molar-refractivity contribution in [1.82, 2.24) is 10.6 Å². The summed E-state index contributed by atoms with van der Waals surface area (Å²) in [6, 6.07) is 3.16. The quantitative estimate of drug-likeness (QED) is 0.645. The molecule has 1 saturated heterocycles. The van der Waals surface area contributed by atoms with E-state index in [4.69, 9.17) is 0 Å². The van der Waals surface area contributed by atoms with Gasteiger partial charge in [0.2, 0.25) is 0 Å². The van der Waals surface area contributed by atoms with Gasteiger partial charge in [-0.15, -0.1) is 0 Å². The summed E-state index contributed by atoms with van der Waals surface area (Å²) in [5, 5.41) is 4.84. The molecule has 1 fully saturated rings. The lowest BCUT2D eigenvalue weighted by molar-refractivity contribution is -0.0433. The van der Waals surface area contributed by atoms with Crippen LogP contribution < -0.4 is 21.1 Å². The molecule has 1 heterocycles. The summed E-state index contributed by atoms with van der Waals surface area (Å²) < 4.78 is 120. The van der Waals surface area contributed by atoms with Gasteiger partial charge in [-0.1, -0.05) is 24.3 Å². The van der Waals surface area contributed by atoms with E-state index in [-0.39, 0.29) is 0 Å². The van der Waals surface area contributed by atoms with Crippen molar-refractivity contribution in [2.45, 2.75) is 17.4 Å². The van der Waals surface area contributed by atoms with Crippen molar-refractivity contribution < 1.29 is 43.2 Å². The van der Waals surface area contributed by atoms with E-state index in [1.54, 1.807) is 0 Å². The number of sulfone groups is 2. The molecule has 0 unspecified atom stereocenters. The first-order valence-corrected chi connectivity index (χ1v) is 10.1. The zero-order chi connectivity index (χ0) is 20.7. The van der Waals surface area contributed by atoms with Crippen LogP contribution in [0.2, 0.25) is 0 Å². The fraction of sp³-hybridized carbons (Fsp3) is 0.385. The standard InChI is InChI=1S/C13H12F6N2O4S2/c14-12(15,16)26(22,23)11(27(24,25)13(17,18)19)9-4-2-8(3-5-9)10-20-6-1-7-21-10/h2-5,20-21H,1,6-7H2. The molecule has 0 saturated carbocycles. The third kappa shape index (κ3) is 4.00. The molecule has 152 valence electrons. The fourth-order valence-electron chi connectivity index (χ4n) is 2.22. The first kappa shape index (κ1) is 21.3. The highest BCUT2D eigenvalue weighted by Gasteiger charge is 2.60. The second-order valence-corrected chi connectivity index (χ2v) is 9.36. The molecule has 0 radical (unpaired) electrons. The molecule has 1 aliphatic rings. The van der Waals surface area contributed by atoms with Crippen molar-refractivity contribution in [3.8, 4) is 0 Å². The molecule has 0 amide bonds. The average Bonchev–Trinajstić information content (AvgIpc) is 2.54. The molecule has 6 nitrogen and oxygen atoms in total. The van der Waals surface area contributed by atoms with Gasteiger partial charge >= 0.3 is 11.0 Å². The van der Waals surface area contributed by atoms with Gasteiger partial charge in [-0.3, -0.25) is 0 Å². The third-order valence-corrected chi connectivity index (χ3v) is 7.45. The Bertz CT molecular complexity index is 982. The minimum atomic E-state index is -6.80. The molecule has 0 aliphatic carbocycles. The van der Waals surface area contributed by atoms with Crippen LogP contribution >= 0.6 is 0 Å². The molecule has 1 aromatic rings. The number of benzene rings is 1. The number of hydrogen-bond donors (Lipinski definition) is 2. The van der Waals surface area contributed by atoms with E-state index in [0.717, 1.165) is 18.6 Å². The van der Waals surface area contributed by atoms with Crippen molar-refractivity contribution in [2.75, 3.05) is 13.1 Å². The van der Waals surface area contributed by atoms with Crippen molar-refractivity contribution in [3.05, 3.63) is 34.7 Å². The Balaban J connectivity index is 2.86. The van der Waals surface area contributed by atoms with E-state index in [1.165, 1.54) is 0 Å². The Kier molecular flexibility index (Phi) is 5.45. The number of halogens is 6. The smallest absolute Gasteiger partial charge is 0.371 e. The van der Waals surface area contributed by atoms with E-state index < -0.39 is 40.1 Å². The maximum atomic E-state index is 12.8. The molecule has 2 N–H and O–H groups in total. The number of nitrogens with one attached hydrogen (secondary N) is 2. The van der Waals surface area contributed by atoms with E-state index in [9.17, 15) is 43.2 Å². The SMILES string of the molecule is O=S(=O)(C(=c1ccc(=C2NCCCN2)cc1)S(=O)(=O)C(F)(F)F)C(F)(F)F. The van der Waals surface area contributed by atoms with Crippen LogP contribution in [0.15, 0.2) is 24.3 Å². The summed E-state index contributed by atoms with van der Waals surface area (Å²) in [5.74, 6) is 0.423. The number of rotatable bonds is 2. The van der Waals surface area contributed by atoms with Gasteiger partial charge in [-0.25, -0.2) is 16.8 Å². The van der Waals surface area contributed by atoms with Gasteiger partial charge < -0.3 is 10.6 Å². The van der Waals surface area contributed by atoms with Crippen LogP contribution in [0.25, 0.3) is 10.1 Å². The van der Waals surface area contributed by atoms with Crippen LogP contribution in [-0.4, -0.2) is 40.9 Å². The predicted molar refractivity (Wildman–Crippen MR) is 83.1 cm³/mol. The summed E-state index contributed by atoms with van der Waals surface area (Å²) in [6.45, 7) is 1.12. The molecule has 1 aromatic carbocycles. The molecular formula is C13H12F6N2O4S2. The van der Waals surface area contributed by atoms with E-state index in [0.29, 0.717) is 36.3 Å². The van der Waals surface area contributed by atoms with Gasteiger partial charge in [-0.05, 0) is 6.42 Å². The monoisotopic (exact) mass is 438 g/mol. The molecular weight excluding hydrogens is 426 g/mol. The number of alkyl halides is 6. The molecule has 0 bridgehead atoms. The van der Waals surface area contributed by atoms with Crippen LogP contribution in [0.4, 0.5) is 26.3 Å². The van der Waals surface area contributed by atoms with Crippen molar-refractivity contribution in [3.63, 3.8) is 0 Å². The molecule has 2 rings (SSSR count). The second kappa shape index (κ2) is 6.89. The van der Waals surface area contributed by atoms with Crippen LogP contribution in [-0.2, 0) is 19.7 Å². The minimum absolute atomic E-state index is 0.298. The number of hydrogen-bond acceptors (Lipinski definition) is 6. The van der Waals surface area contributed by atoms with E-state index in [2.05, 4.69) is 10.6 Å². The Morgan fingerprint density at radius 2 is 1.19 bits per heavy atom. The first-order chi connectivity index (χ1) is 12.2. The van der Waals surface area contributed by atoms with Gasteiger partial charge in [0.15, 0.2) is 4.24 Å².